The van der Waals surface area contributed by atoms with Crippen molar-refractivity contribution in [1.29, 1.82) is 0 Å². The van der Waals surface area contributed by atoms with E-state index in [9.17, 15) is 4.79 Å². The molecule has 1 aliphatic heterocycles. The zero-order chi connectivity index (χ0) is 14.9. The first-order valence-corrected chi connectivity index (χ1v) is 7.68. The summed E-state index contributed by atoms with van der Waals surface area (Å²) in [6.45, 7) is 3.41. The average molecular weight is 298 g/mol. The fourth-order valence-electron chi connectivity index (χ4n) is 3.39. The van der Waals surface area contributed by atoms with Gasteiger partial charge in [-0.1, -0.05) is 6.07 Å². The monoisotopic (exact) mass is 298 g/mol. The van der Waals surface area contributed by atoms with E-state index in [1.807, 2.05) is 11.0 Å². The van der Waals surface area contributed by atoms with Crippen molar-refractivity contribution in [2.24, 2.45) is 0 Å². The first-order valence-electron chi connectivity index (χ1n) is 7.68. The summed E-state index contributed by atoms with van der Waals surface area (Å²) in [6.07, 6.45) is 3.42. The van der Waals surface area contributed by atoms with Crippen LogP contribution in [-0.2, 0) is 11.2 Å². The molecular weight excluding hydrogens is 280 g/mol. The minimum Gasteiger partial charge on any atom is -0.340 e. The maximum absolute atomic E-state index is 12.7. The largest absolute Gasteiger partial charge is 0.340 e. The molecule has 0 saturated carbocycles. The number of aromatic nitrogens is 4. The predicted molar refractivity (Wildman–Crippen MR) is 79.7 cm³/mol. The van der Waals surface area contributed by atoms with Gasteiger partial charge < -0.3 is 10.2 Å². The minimum atomic E-state index is 0.0102. The Hall–Kier alpha value is -2.28. The van der Waals surface area contributed by atoms with Gasteiger partial charge in [0.15, 0.2) is 0 Å². The highest BCUT2D eigenvalue weighted by Gasteiger charge is 2.32. The molecule has 1 fully saturated rings. The molecule has 1 aliphatic carbocycles. The summed E-state index contributed by atoms with van der Waals surface area (Å²) in [6, 6.07) is 6.14. The topological polar surface area (TPSA) is 75.9 Å². The molecule has 7 heteroatoms. The molecule has 2 aromatic rings. The van der Waals surface area contributed by atoms with Crippen LogP contribution in [-0.4, -0.2) is 57.2 Å². The van der Waals surface area contributed by atoms with Crippen molar-refractivity contribution in [1.82, 2.24) is 30.4 Å². The third-order valence-corrected chi connectivity index (χ3v) is 4.54. The highest BCUT2D eigenvalue weighted by Crippen LogP contribution is 2.35. The Morgan fingerprint density at radius 1 is 1.27 bits per heavy atom. The van der Waals surface area contributed by atoms with Crippen molar-refractivity contribution in [3.63, 3.8) is 0 Å². The zero-order valence-electron chi connectivity index (χ0n) is 12.3. The number of carbonyl (C=O) groups is 1. The molecule has 22 heavy (non-hydrogen) atoms. The number of fused-ring (bicyclic) bond motifs is 1. The lowest BCUT2D eigenvalue weighted by Gasteiger charge is -2.30. The number of aryl methyl sites for hydroxylation is 1. The van der Waals surface area contributed by atoms with E-state index in [1.54, 1.807) is 11.0 Å². The number of piperazine rings is 1. The Labute approximate surface area is 128 Å². The number of amides is 1. The van der Waals surface area contributed by atoms with E-state index in [0.29, 0.717) is 0 Å². The molecule has 4 rings (SSSR count). The number of carbonyl (C=O) groups excluding carboxylic acids is 1. The van der Waals surface area contributed by atoms with Gasteiger partial charge in [0.1, 0.15) is 6.33 Å². The molecule has 0 spiro atoms. The normalized spacial score (nSPS) is 20.9. The first-order chi connectivity index (χ1) is 10.8. The van der Waals surface area contributed by atoms with Gasteiger partial charge in [-0.05, 0) is 46.5 Å². The molecular formula is C15H18N6O. The molecule has 1 aromatic carbocycles. The number of hydrogen-bond donors (Lipinski definition) is 1. The summed E-state index contributed by atoms with van der Waals surface area (Å²) in [5.74, 6) is 0.284. The first kappa shape index (κ1) is 13.4. The Balaban J connectivity index is 1.58. The van der Waals surface area contributed by atoms with Crippen LogP contribution < -0.4 is 5.32 Å². The van der Waals surface area contributed by atoms with Crippen LogP contribution in [0.2, 0.25) is 0 Å². The van der Waals surface area contributed by atoms with Crippen LogP contribution in [0.3, 0.4) is 0 Å². The van der Waals surface area contributed by atoms with E-state index in [-0.39, 0.29) is 11.8 Å². The second-order valence-electron chi connectivity index (χ2n) is 5.80. The van der Waals surface area contributed by atoms with Gasteiger partial charge in [0.25, 0.3) is 0 Å². The second kappa shape index (κ2) is 5.49. The SMILES string of the molecule is O=C(C1CCc2cc(-n3cnnn3)ccc21)N1CCNCC1. The highest BCUT2D eigenvalue weighted by molar-refractivity contribution is 5.85. The molecule has 2 aliphatic rings. The summed E-state index contributed by atoms with van der Waals surface area (Å²) in [5, 5.41) is 14.5. The van der Waals surface area contributed by atoms with Gasteiger partial charge in [0.05, 0.1) is 11.6 Å². The standard InChI is InChI=1S/C15H18N6O/c22-15(20-7-5-16-6-8-20)14-3-1-11-9-12(2-4-13(11)14)21-10-17-18-19-21/h2,4,9-10,14,16H,1,3,5-8H2. The van der Waals surface area contributed by atoms with E-state index < -0.39 is 0 Å². The van der Waals surface area contributed by atoms with Gasteiger partial charge >= 0.3 is 0 Å². The summed E-state index contributed by atoms with van der Waals surface area (Å²) < 4.78 is 1.64. The van der Waals surface area contributed by atoms with Crippen LogP contribution in [0.25, 0.3) is 5.69 Å². The van der Waals surface area contributed by atoms with E-state index in [1.165, 1.54) is 11.1 Å². The van der Waals surface area contributed by atoms with E-state index >= 15 is 0 Å². The van der Waals surface area contributed by atoms with Gasteiger partial charge in [-0.15, -0.1) is 5.10 Å². The number of tetrazole rings is 1. The number of hydrogen-bond acceptors (Lipinski definition) is 5. The molecule has 1 unspecified atom stereocenters. The number of rotatable bonds is 2. The van der Waals surface area contributed by atoms with Crippen molar-refractivity contribution in [3.05, 3.63) is 35.7 Å². The predicted octanol–water partition coefficient (Wildman–Crippen LogP) is 0.124. The molecule has 1 atom stereocenters. The maximum atomic E-state index is 12.7. The summed E-state index contributed by atoms with van der Waals surface area (Å²) in [5.41, 5.74) is 3.35. The quantitative estimate of drug-likeness (QED) is 0.852. The Morgan fingerprint density at radius 2 is 2.14 bits per heavy atom. The number of nitrogens with zero attached hydrogens (tertiary/aromatic N) is 5. The number of nitrogens with one attached hydrogen (secondary N) is 1. The van der Waals surface area contributed by atoms with Crippen molar-refractivity contribution in [2.45, 2.75) is 18.8 Å². The van der Waals surface area contributed by atoms with Crippen LogP contribution in [0.15, 0.2) is 24.5 Å². The molecule has 1 amide bonds. The van der Waals surface area contributed by atoms with Gasteiger partial charge in [0, 0.05) is 26.2 Å². The van der Waals surface area contributed by atoms with Crippen LogP contribution in [0.1, 0.15) is 23.5 Å². The van der Waals surface area contributed by atoms with Crippen molar-refractivity contribution in [3.8, 4) is 5.69 Å². The molecule has 0 bridgehead atoms. The molecule has 1 saturated heterocycles. The fraction of sp³-hybridized carbons (Fsp3) is 0.467. The van der Waals surface area contributed by atoms with Gasteiger partial charge in [-0.25, -0.2) is 4.68 Å². The van der Waals surface area contributed by atoms with Crippen LogP contribution >= 0.6 is 0 Å². The zero-order valence-corrected chi connectivity index (χ0v) is 12.3. The lowest BCUT2D eigenvalue weighted by Crippen LogP contribution is -2.47. The Kier molecular flexibility index (Phi) is 3.34. The number of benzene rings is 1. The third-order valence-electron chi connectivity index (χ3n) is 4.54. The van der Waals surface area contributed by atoms with Crippen LogP contribution in [0.4, 0.5) is 0 Å². The van der Waals surface area contributed by atoms with Crippen molar-refractivity contribution >= 4 is 5.91 Å². The molecule has 1 N–H and O–H groups in total. The van der Waals surface area contributed by atoms with E-state index in [2.05, 4.69) is 33.0 Å². The summed E-state index contributed by atoms with van der Waals surface area (Å²) >= 11 is 0. The summed E-state index contributed by atoms with van der Waals surface area (Å²) in [4.78, 5) is 14.7. The molecule has 0 radical (unpaired) electrons. The molecule has 114 valence electrons. The Morgan fingerprint density at radius 3 is 2.91 bits per heavy atom. The van der Waals surface area contributed by atoms with Crippen LogP contribution in [0.5, 0.6) is 0 Å². The van der Waals surface area contributed by atoms with Gasteiger partial charge in [-0.3, -0.25) is 4.79 Å². The molecule has 7 nitrogen and oxygen atoms in total. The van der Waals surface area contributed by atoms with Gasteiger partial charge in [0.2, 0.25) is 5.91 Å². The fourth-order valence-corrected chi connectivity index (χ4v) is 3.39. The van der Waals surface area contributed by atoms with Crippen molar-refractivity contribution in [2.75, 3.05) is 26.2 Å². The van der Waals surface area contributed by atoms with Gasteiger partial charge in [-0.2, -0.15) is 0 Å². The lowest BCUT2D eigenvalue weighted by atomic mass is 9.99. The second-order valence-corrected chi connectivity index (χ2v) is 5.80. The minimum absolute atomic E-state index is 0.0102. The maximum Gasteiger partial charge on any atom is 0.230 e. The highest BCUT2D eigenvalue weighted by atomic mass is 16.2. The third kappa shape index (κ3) is 2.27. The lowest BCUT2D eigenvalue weighted by molar-refractivity contribution is -0.133. The molecule has 1 aromatic heterocycles. The Bertz CT molecular complexity index is 677. The summed E-state index contributed by atoms with van der Waals surface area (Å²) in [7, 11) is 0. The van der Waals surface area contributed by atoms with Crippen LogP contribution in [0, 0.1) is 0 Å². The molecule has 2 heterocycles. The van der Waals surface area contributed by atoms with Crippen molar-refractivity contribution < 1.29 is 4.79 Å². The average Bonchev–Trinajstić information content (AvgIpc) is 3.24. The van der Waals surface area contributed by atoms with E-state index in [4.69, 9.17) is 0 Å². The van der Waals surface area contributed by atoms with E-state index in [0.717, 1.165) is 44.7 Å². The smallest absolute Gasteiger partial charge is 0.230 e.